The highest BCUT2D eigenvalue weighted by atomic mass is 127. The normalized spacial score (nSPS) is 13.4. The van der Waals surface area contributed by atoms with E-state index in [0.717, 1.165) is 17.1 Å². The van der Waals surface area contributed by atoms with Crippen molar-refractivity contribution in [3.63, 3.8) is 0 Å². The Kier molecular flexibility index (Phi) is 9.24. The Hall–Kier alpha value is -2.47. The van der Waals surface area contributed by atoms with E-state index >= 15 is 0 Å². The van der Waals surface area contributed by atoms with Gasteiger partial charge in [0.2, 0.25) is 0 Å². The lowest BCUT2D eigenvalue weighted by Crippen LogP contribution is -2.37. The molecule has 0 bridgehead atoms. The maximum Gasteiger partial charge on any atom is 0.140 e. The Bertz CT molecular complexity index is 969. The molecule has 0 radical (unpaired) electrons. The third-order valence-corrected chi connectivity index (χ3v) is 5.57. The summed E-state index contributed by atoms with van der Waals surface area (Å²) in [6.45, 7) is 10.1. The summed E-state index contributed by atoms with van der Waals surface area (Å²) in [5.41, 5.74) is 5.56. The van der Waals surface area contributed by atoms with Crippen LogP contribution in [-0.2, 0) is 6.42 Å². The van der Waals surface area contributed by atoms with Gasteiger partial charge < -0.3 is 0 Å². The molecule has 156 valence electrons. The van der Waals surface area contributed by atoms with Crippen LogP contribution >= 0.6 is 22.6 Å². The van der Waals surface area contributed by atoms with Gasteiger partial charge in [-0.25, -0.2) is 0 Å². The third-order valence-electron chi connectivity index (χ3n) is 4.90. The molecule has 1 atom stereocenters. The fourth-order valence-electron chi connectivity index (χ4n) is 3.40. The molecule has 0 saturated heterocycles. The molecule has 2 aromatic rings. The molecule has 0 aliphatic heterocycles. The van der Waals surface area contributed by atoms with E-state index < -0.39 is 0 Å². The number of allylic oxidation sites excluding steroid dienone is 4. The Morgan fingerprint density at radius 3 is 2.47 bits per heavy atom. The zero-order valence-corrected chi connectivity index (χ0v) is 20.3. The van der Waals surface area contributed by atoms with Crippen molar-refractivity contribution in [3.05, 3.63) is 107 Å². The molecule has 0 spiro atoms. The van der Waals surface area contributed by atoms with Crippen LogP contribution in [-0.4, -0.2) is 23.6 Å². The first-order valence-corrected chi connectivity index (χ1v) is 11.3. The van der Waals surface area contributed by atoms with E-state index in [4.69, 9.17) is 5.41 Å². The first-order chi connectivity index (χ1) is 14.4. The van der Waals surface area contributed by atoms with Crippen molar-refractivity contribution in [1.82, 2.24) is 4.90 Å². The van der Waals surface area contributed by atoms with Crippen molar-refractivity contribution in [2.24, 2.45) is 4.99 Å². The molecular weight excluding hydrogens is 481 g/mol. The SMILES string of the molecule is C=C/C=C\C(=C/C)N(C(=N)Cc1c(C)cccc1[C@H](C)I)C(=NC)c1ccccc1. The van der Waals surface area contributed by atoms with Crippen molar-refractivity contribution in [2.45, 2.75) is 31.1 Å². The van der Waals surface area contributed by atoms with Crippen LogP contribution in [0.15, 0.2) is 90.1 Å². The molecule has 2 aromatic carbocycles. The van der Waals surface area contributed by atoms with Crippen LogP contribution in [0, 0.1) is 12.3 Å². The fraction of sp³-hybridized carbons (Fsp3) is 0.231. The second kappa shape index (κ2) is 11.6. The molecule has 0 amide bonds. The Morgan fingerprint density at radius 2 is 1.90 bits per heavy atom. The minimum Gasteiger partial charge on any atom is -0.288 e. The maximum absolute atomic E-state index is 9.11. The summed E-state index contributed by atoms with van der Waals surface area (Å²) >= 11 is 2.44. The molecule has 1 N–H and O–H groups in total. The van der Waals surface area contributed by atoms with Gasteiger partial charge in [0.1, 0.15) is 11.7 Å². The summed E-state index contributed by atoms with van der Waals surface area (Å²) in [4.78, 5) is 6.51. The number of aryl methyl sites for hydroxylation is 1. The number of nitrogens with one attached hydrogen (secondary N) is 1. The van der Waals surface area contributed by atoms with Gasteiger partial charge in [-0.3, -0.25) is 15.3 Å². The number of hydrogen-bond acceptors (Lipinski definition) is 2. The summed E-state index contributed by atoms with van der Waals surface area (Å²) in [6.07, 6.45) is 8.13. The quantitative estimate of drug-likeness (QED) is 0.140. The van der Waals surface area contributed by atoms with Gasteiger partial charge in [0.05, 0.1) is 0 Å². The van der Waals surface area contributed by atoms with Crippen LogP contribution in [0.1, 0.15) is 40.0 Å². The van der Waals surface area contributed by atoms with Crippen molar-refractivity contribution in [2.75, 3.05) is 7.05 Å². The van der Waals surface area contributed by atoms with E-state index in [2.05, 4.69) is 66.2 Å². The maximum atomic E-state index is 9.11. The molecule has 0 heterocycles. The van der Waals surface area contributed by atoms with Crippen LogP contribution in [0.2, 0.25) is 0 Å². The van der Waals surface area contributed by atoms with Crippen molar-refractivity contribution >= 4 is 34.3 Å². The average molecular weight is 511 g/mol. The predicted octanol–water partition coefficient (Wildman–Crippen LogP) is 7.04. The summed E-state index contributed by atoms with van der Waals surface area (Å²) in [5.74, 6) is 1.23. The molecule has 0 unspecified atom stereocenters. The lowest BCUT2D eigenvalue weighted by atomic mass is 9.96. The van der Waals surface area contributed by atoms with Gasteiger partial charge in [-0.15, -0.1) is 0 Å². The largest absolute Gasteiger partial charge is 0.288 e. The predicted molar refractivity (Wildman–Crippen MR) is 139 cm³/mol. The van der Waals surface area contributed by atoms with E-state index in [9.17, 15) is 0 Å². The van der Waals surface area contributed by atoms with E-state index in [-0.39, 0.29) is 0 Å². The summed E-state index contributed by atoms with van der Waals surface area (Å²) < 4.78 is 0.369. The van der Waals surface area contributed by atoms with Crippen molar-refractivity contribution in [1.29, 1.82) is 5.41 Å². The van der Waals surface area contributed by atoms with Gasteiger partial charge in [-0.2, -0.15) is 0 Å². The van der Waals surface area contributed by atoms with Crippen LogP contribution in [0.25, 0.3) is 0 Å². The number of amidine groups is 2. The topological polar surface area (TPSA) is 39.5 Å². The molecule has 0 aliphatic carbocycles. The summed E-state index contributed by atoms with van der Waals surface area (Å²) in [5, 5.41) is 9.11. The number of benzene rings is 2. The van der Waals surface area contributed by atoms with Crippen LogP contribution in [0.3, 0.4) is 0 Å². The first kappa shape index (κ1) is 23.8. The number of aliphatic imine (C=N–C) groups is 1. The van der Waals surface area contributed by atoms with Gasteiger partial charge in [-0.1, -0.05) is 95.9 Å². The monoisotopic (exact) mass is 511 g/mol. The molecule has 30 heavy (non-hydrogen) atoms. The molecule has 0 aromatic heterocycles. The van der Waals surface area contributed by atoms with Crippen molar-refractivity contribution < 1.29 is 0 Å². The standard InChI is InChI=1S/C26H30IN3/c1-6-8-16-22(7-2)30(26(29-5)21-14-10-9-11-15-21)25(28)18-24-19(3)13-12-17-23(24)20(4)27/h6-17,20,28H,1,18H2,2-5H3/b16-8-,22-7+,28-25?,29-26?/t20-/m0/s1. The summed E-state index contributed by atoms with van der Waals surface area (Å²) in [6, 6.07) is 16.4. The van der Waals surface area contributed by atoms with Crippen LogP contribution in [0.4, 0.5) is 0 Å². The Balaban J connectivity index is 2.56. The first-order valence-electron chi connectivity index (χ1n) is 10.0. The zero-order valence-electron chi connectivity index (χ0n) is 18.2. The minimum absolute atomic E-state index is 0.369. The second-order valence-electron chi connectivity index (χ2n) is 6.94. The third kappa shape index (κ3) is 5.79. The van der Waals surface area contributed by atoms with Crippen LogP contribution in [0.5, 0.6) is 0 Å². The van der Waals surface area contributed by atoms with E-state index in [1.807, 2.05) is 60.4 Å². The number of hydrogen-bond donors (Lipinski definition) is 1. The molecule has 4 heteroatoms. The van der Waals surface area contributed by atoms with Gasteiger partial charge in [0.25, 0.3) is 0 Å². The van der Waals surface area contributed by atoms with E-state index in [1.54, 1.807) is 13.1 Å². The molecule has 0 saturated carbocycles. The zero-order chi connectivity index (χ0) is 22.1. The molecule has 3 nitrogen and oxygen atoms in total. The van der Waals surface area contributed by atoms with Gasteiger partial charge >= 0.3 is 0 Å². The Labute approximate surface area is 194 Å². The highest BCUT2D eigenvalue weighted by Crippen LogP contribution is 2.29. The van der Waals surface area contributed by atoms with Gasteiger partial charge in [0, 0.05) is 28.7 Å². The fourth-order valence-corrected chi connectivity index (χ4v) is 3.99. The van der Waals surface area contributed by atoms with E-state index in [1.165, 1.54) is 16.7 Å². The molecule has 0 aliphatic rings. The van der Waals surface area contributed by atoms with Gasteiger partial charge in [-0.05, 0) is 43.5 Å². The molecule has 2 rings (SSSR count). The highest BCUT2D eigenvalue weighted by molar-refractivity contribution is 14.1. The number of alkyl halides is 1. The average Bonchev–Trinajstić information content (AvgIpc) is 2.75. The highest BCUT2D eigenvalue weighted by Gasteiger charge is 2.22. The van der Waals surface area contributed by atoms with E-state index in [0.29, 0.717) is 16.2 Å². The number of nitrogens with zero attached hydrogens (tertiary/aromatic N) is 2. The summed E-state index contributed by atoms with van der Waals surface area (Å²) in [7, 11) is 1.78. The lowest BCUT2D eigenvalue weighted by molar-refractivity contribution is 0.744. The molecule has 0 fully saturated rings. The molecular formula is C26H30IN3. The lowest BCUT2D eigenvalue weighted by Gasteiger charge is -2.29. The Morgan fingerprint density at radius 1 is 1.20 bits per heavy atom. The van der Waals surface area contributed by atoms with Gasteiger partial charge in [0.15, 0.2) is 0 Å². The smallest absolute Gasteiger partial charge is 0.140 e. The van der Waals surface area contributed by atoms with Crippen LogP contribution < -0.4 is 0 Å². The van der Waals surface area contributed by atoms with Crippen molar-refractivity contribution in [3.8, 4) is 0 Å². The second-order valence-corrected chi connectivity index (χ2v) is 8.81. The number of rotatable bonds is 7. The number of halogens is 1. The minimum atomic E-state index is 0.369.